The molecule has 98 valence electrons. The summed E-state index contributed by atoms with van der Waals surface area (Å²) in [7, 11) is 1.50. The number of phenols is 1. The minimum absolute atomic E-state index is 0.0771. The molecular formula is C12H14BrNO4. The van der Waals surface area contributed by atoms with Crippen molar-refractivity contribution in [2.75, 3.05) is 20.2 Å². The van der Waals surface area contributed by atoms with E-state index in [1.165, 1.54) is 7.11 Å². The lowest BCUT2D eigenvalue weighted by atomic mass is 9.99. The molecule has 2 rings (SSSR count). The number of hydrogen-bond acceptors (Lipinski definition) is 4. The van der Waals surface area contributed by atoms with Gasteiger partial charge in [-0.1, -0.05) is 0 Å². The SMILES string of the molecule is COc1cc(CN2CC(C(=O)O)C2)cc(Br)c1O. The number of rotatable bonds is 4. The predicted octanol–water partition coefficient (Wildman–Crippen LogP) is 1.68. The molecule has 0 saturated carbocycles. The summed E-state index contributed by atoms with van der Waals surface area (Å²) < 4.78 is 5.64. The first-order chi connectivity index (χ1) is 8.51. The Bertz CT molecular complexity index is 471. The number of carboxylic acid groups (broad SMARTS) is 1. The Hall–Kier alpha value is -1.27. The third kappa shape index (κ3) is 2.59. The Morgan fingerprint density at radius 1 is 1.56 bits per heavy atom. The van der Waals surface area contributed by atoms with Crippen molar-refractivity contribution in [3.8, 4) is 11.5 Å². The molecule has 6 heteroatoms. The molecular weight excluding hydrogens is 302 g/mol. The molecule has 0 amide bonds. The second-order valence-corrected chi connectivity index (χ2v) is 5.21. The van der Waals surface area contributed by atoms with Crippen LogP contribution in [-0.4, -0.2) is 41.3 Å². The van der Waals surface area contributed by atoms with Gasteiger partial charge in [-0.15, -0.1) is 0 Å². The van der Waals surface area contributed by atoms with Crippen LogP contribution >= 0.6 is 15.9 Å². The summed E-state index contributed by atoms with van der Waals surface area (Å²) in [5.41, 5.74) is 0.973. The summed E-state index contributed by atoms with van der Waals surface area (Å²) in [6.07, 6.45) is 0. The molecule has 0 bridgehead atoms. The summed E-state index contributed by atoms with van der Waals surface area (Å²) in [6.45, 7) is 1.78. The van der Waals surface area contributed by atoms with E-state index >= 15 is 0 Å². The van der Waals surface area contributed by atoms with Crippen LogP contribution in [0.1, 0.15) is 5.56 Å². The number of hydrogen-bond donors (Lipinski definition) is 2. The first-order valence-corrected chi connectivity index (χ1v) is 6.31. The smallest absolute Gasteiger partial charge is 0.309 e. The van der Waals surface area contributed by atoms with Crippen molar-refractivity contribution in [2.24, 2.45) is 5.92 Å². The number of aromatic hydroxyl groups is 1. The second kappa shape index (κ2) is 5.16. The van der Waals surface area contributed by atoms with E-state index in [0.717, 1.165) is 5.56 Å². The van der Waals surface area contributed by atoms with E-state index in [1.807, 2.05) is 11.0 Å². The highest BCUT2D eigenvalue weighted by Crippen LogP contribution is 2.35. The quantitative estimate of drug-likeness (QED) is 0.884. The number of likely N-dealkylation sites (tertiary alicyclic amines) is 1. The van der Waals surface area contributed by atoms with Crippen LogP contribution in [0.25, 0.3) is 0 Å². The molecule has 2 N–H and O–H groups in total. The second-order valence-electron chi connectivity index (χ2n) is 4.36. The summed E-state index contributed by atoms with van der Waals surface area (Å²) in [5.74, 6) is -0.508. The highest BCUT2D eigenvalue weighted by atomic mass is 79.9. The van der Waals surface area contributed by atoms with E-state index in [1.54, 1.807) is 6.07 Å². The molecule has 0 unspecified atom stereocenters. The fourth-order valence-electron chi connectivity index (χ4n) is 1.99. The van der Waals surface area contributed by atoms with Crippen molar-refractivity contribution in [1.82, 2.24) is 4.90 Å². The first-order valence-electron chi connectivity index (χ1n) is 5.51. The van der Waals surface area contributed by atoms with E-state index in [0.29, 0.717) is 29.9 Å². The average molecular weight is 316 g/mol. The molecule has 5 nitrogen and oxygen atoms in total. The van der Waals surface area contributed by atoms with Crippen molar-refractivity contribution < 1.29 is 19.7 Å². The normalized spacial score (nSPS) is 16.3. The lowest BCUT2D eigenvalue weighted by molar-refractivity contribution is -0.147. The lowest BCUT2D eigenvalue weighted by Gasteiger charge is -2.36. The van der Waals surface area contributed by atoms with Crippen LogP contribution < -0.4 is 4.74 Å². The molecule has 1 aliphatic rings. The third-order valence-electron chi connectivity index (χ3n) is 3.02. The summed E-state index contributed by atoms with van der Waals surface area (Å²) >= 11 is 3.26. The molecule has 1 aromatic rings. The predicted molar refractivity (Wildman–Crippen MR) is 68.8 cm³/mol. The zero-order valence-corrected chi connectivity index (χ0v) is 11.5. The van der Waals surface area contributed by atoms with Crippen LogP contribution in [0, 0.1) is 5.92 Å². The number of ether oxygens (including phenoxy) is 1. The molecule has 1 heterocycles. The molecule has 0 radical (unpaired) electrons. The molecule has 0 aromatic heterocycles. The van der Waals surface area contributed by atoms with Gasteiger partial charge in [0.1, 0.15) is 0 Å². The van der Waals surface area contributed by atoms with E-state index in [4.69, 9.17) is 9.84 Å². The molecule has 1 fully saturated rings. The molecule has 0 atom stereocenters. The van der Waals surface area contributed by atoms with Gasteiger partial charge in [0, 0.05) is 19.6 Å². The Balaban J connectivity index is 2.03. The maximum Gasteiger partial charge on any atom is 0.309 e. The maximum absolute atomic E-state index is 10.7. The molecule has 18 heavy (non-hydrogen) atoms. The van der Waals surface area contributed by atoms with Gasteiger partial charge < -0.3 is 14.9 Å². The van der Waals surface area contributed by atoms with Crippen molar-refractivity contribution >= 4 is 21.9 Å². The van der Waals surface area contributed by atoms with E-state index < -0.39 is 5.97 Å². The Labute approximate surface area is 113 Å². The fourth-order valence-corrected chi connectivity index (χ4v) is 2.48. The van der Waals surface area contributed by atoms with Gasteiger partial charge in [-0.2, -0.15) is 0 Å². The largest absolute Gasteiger partial charge is 0.503 e. The van der Waals surface area contributed by atoms with E-state index in [2.05, 4.69) is 15.9 Å². The van der Waals surface area contributed by atoms with Crippen LogP contribution in [0.4, 0.5) is 0 Å². The number of halogens is 1. The van der Waals surface area contributed by atoms with E-state index in [9.17, 15) is 9.90 Å². The number of aliphatic carboxylic acids is 1. The topological polar surface area (TPSA) is 70.0 Å². The molecule has 1 saturated heterocycles. The first kappa shape index (κ1) is 13.2. The fraction of sp³-hybridized carbons (Fsp3) is 0.417. The number of phenolic OH excluding ortho intramolecular Hbond substituents is 1. The van der Waals surface area contributed by atoms with Crippen molar-refractivity contribution in [2.45, 2.75) is 6.54 Å². The Morgan fingerprint density at radius 2 is 2.22 bits per heavy atom. The van der Waals surface area contributed by atoms with Crippen LogP contribution in [0.15, 0.2) is 16.6 Å². The maximum atomic E-state index is 10.7. The number of nitrogens with zero attached hydrogens (tertiary/aromatic N) is 1. The van der Waals surface area contributed by atoms with Crippen molar-refractivity contribution in [3.63, 3.8) is 0 Å². The zero-order valence-electron chi connectivity index (χ0n) is 9.89. The number of carbonyl (C=O) groups is 1. The molecule has 0 spiro atoms. The van der Waals surface area contributed by atoms with Crippen LogP contribution in [0.3, 0.4) is 0 Å². The zero-order chi connectivity index (χ0) is 13.3. The van der Waals surface area contributed by atoms with Gasteiger partial charge in [-0.05, 0) is 33.6 Å². The van der Waals surface area contributed by atoms with Crippen LogP contribution in [0.2, 0.25) is 0 Å². The van der Waals surface area contributed by atoms with Crippen molar-refractivity contribution in [1.29, 1.82) is 0 Å². The van der Waals surface area contributed by atoms with E-state index in [-0.39, 0.29) is 11.7 Å². The minimum atomic E-state index is -0.740. The highest BCUT2D eigenvalue weighted by Gasteiger charge is 2.32. The van der Waals surface area contributed by atoms with Gasteiger partial charge in [0.05, 0.1) is 17.5 Å². The highest BCUT2D eigenvalue weighted by molar-refractivity contribution is 9.10. The number of benzene rings is 1. The number of carboxylic acids is 1. The van der Waals surface area contributed by atoms with Gasteiger partial charge in [-0.25, -0.2) is 0 Å². The third-order valence-corrected chi connectivity index (χ3v) is 3.63. The molecule has 0 aliphatic carbocycles. The van der Waals surface area contributed by atoms with Gasteiger partial charge in [0.2, 0.25) is 0 Å². The lowest BCUT2D eigenvalue weighted by Crippen LogP contribution is -2.49. The van der Waals surface area contributed by atoms with Gasteiger partial charge >= 0.3 is 5.97 Å². The molecule has 1 aliphatic heterocycles. The van der Waals surface area contributed by atoms with Gasteiger partial charge in [0.25, 0.3) is 0 Å². The average Bonchev–Trinajstić information content (AvgIpc) is 2.26. The minimum Gasteiger partial charge on any atom is -0.503 e. The van der Waals surface area contributed by atoms with Crippen LogP contribution in [-0.2, 0) is 11.3 Å². The summed E-state index contributed by atoms with van der Waals surface area (Å²) in [4.78, 5) is 12.7. The Morgan fingerprint density at radius 3 is 2.78 bits per heavy atom. The van der Waals surface area contributed by atoms with Crippen molar-refractivity contribution in [3.05, 3.63) is 22.2 Å². The monoisotopic (exact) mass is 315 g/mol. The summed E-state index contributed by atoms with van der Waals surface area (Å²) in [6, 6.07) is 3.57. The number of methoxy groups -OCH3 is 1. The Kier molecular flexibility index (Phi) is 3.77. The summed E-state index contributed by atoms with van der Waals surface area (Å²) in [5, 5.41) is 18.5. The van der Waals surface area contributed by atoms with Gasteiger partial charge in [0.15, 0.2) is 11.5 Å². The molecule has 1 aromatic carbocycles. The standard InChI is InChI=1S/C12H14BrNO4/c1-18-10-3-7(2-9(13)11(10)15)4-14-5-8(6-14)12(16)17/h2-3,8,15H,4-6H2,1H3,(H,16,17). The van der Waals surface area contributed by atoms with Gasteiger partial charge in [-0.3, -0.25) is 9.69 Å². The van der Waals surface area contributed by atoms with Crippen LogP contribution in [0.5, 0.6) is 11.5 Å².